The highest BCUT2D eigenvalue weighted by Crippen LogP contribution is 1.67. The van der Waals surface area contributed by atoms with E-state index in [0.717, 1.165) is 0 Å². The van der Waals surface area contributed by atoms with Gasteiger partial charge >= 0.3 is 5.95 Å². The van der Waals surface area contributed by atoms with E-state index in [9.17, 15) is 0 Å². The SMILES string of the molecule is O.O.OC=C(O)O. The maximum absolute atomic E-state index is 7.53. The third kappa shape index (κ3) is 42.2. The average molecular weight is 112 g/mol. The molecule has 0 radical (unpaired) electrons. The van der Waals surface area contributed by atoms with Crippen LogP contribution < -0.4 is 0 Å². The molecule has 0 saturated heterocycles. The van der Waals surface area contributed by atoms with E-state index in [1.165, 1.54) is 0 Å². The standard InChI is InChI=1S/C2H4O3.2H2O/c3-1-2(4)5;;/h1,3-5H;2*1H2. The van der Waals surface area contributed by atoms with Crippen LogP contribution in [0.5, 0.6) is 0 Å². The van der Waals surface area contributed by atoms with Crippen LogP contribution in [0.4, 0.5) is 0 Å². The minimum atomic E-state index is -1.06. The topological polar surface area (TPSA) is 124 Å². The van der Waals surface area contributed by atoms with Crippen LogP contribution in [0.3, 0.4) is 0 Å². The summed E-state index contributed by atoms with van der Waals surface area (Å²) in [5.74, 6) is -1.06. The normalized spacial score (nSPS) is 4.57. The quantitative estimate of drug-likeness (QED) is 0.341. The average Bonchev–Trinajstić information content (AvgIpc) is 1.38. The van der Waals surface area contributed by atoms with Crippen LogP contribution >= 0.6 is 0 Å². The maximum Gasteiger partial charge on any atom is 0.310 e. The third-order valence-electron chi connectivity index (χ3n) is 0.115. The highest BCUT2D eigenvalue weighted by molar-refractivity contribution is 4.63. The minimum absolute atomic E-state index is 0. The maximum atomic E-state index is 7.53. The molecule has 0 bridgehead atoms. The zero-order chi connectivity index (χ0) is 4.28. The minimum Gasteiger partial charge on any atom is -0.508 e. The van der Waals surface area contributed by atoms with E-state index in [0.29, 0.717) is 0 Å². The predicted octanol–water partition coefficient (Wildman–Crippen LogP) is -1.19. The number of aliphatic hydroxyl groups is 3. The van der Waals surface area contributed by atoms with Gasteiger partial charge < -0.3 is 26.3 Å². The van der Waals surface area contributed by atoms with Gasteiger partial charge in [-0.05, 0) is 0 Å². The molecule has 0 unspecified atom stereocenters. The number of hydrogen-bond acceptors (Lipinski definition) is 3. The van der Waals surface area contributed by atoms with Gasteiger partial charge in [-0.25, -0.2) is 0 Å². The fourth-order valence-corrected chi connectivity index (χ4v) is 0. The Morgan fingerprint density at radius 2 is 1.29 bits per heavy atom. The highest BCUT2D eigenvalue weighted by atomic mass is 16.5. The van der Waals surface area contributed by atoms with Crippen molar-refractivity contribution in [2.24, 2.45) is 0 Å². The van der Waals surface area contributed by atoms with Crippen LogP contribution in [0, 0.1) is 0 Å². The van der Waals surface area contributed by atoms with Crippen LogP contribution in [0.1, 0.15) is 0 Å². The summed E-state index contributed by atoms with van der Waals surface area (Å²) in [5, 5.41) is 22.5. The molecule has 0 aliphatic heterocycles. The molecule has 46 valence electrons. The molecule has 0 aromatic rings. The molecule has 0 aromatic carbocycles. The van der Waals surface area contributed by atoms with E-state index in [4.69, 9.17) is 15.3 Å². The summed E-state index contributed by atoms with van der Waals surface area (Å²) in [6.07, 6.45) is 0.194. The van der Waals surface area contributed by atoms with E-state index >= 15 is 0 Å². The lowest BCUT2D eigenvalue weighted by Crippen LogP contribution is -1.70. The zero-order valence-electron chi connectivity index (χ0n) is 3.42. The first-order valence-electron chi connectivity index (χ1n) is 0.994. The first kappa shape index (κ1) is 16.6. The van der Waals surface area contributed by atoms with Crippen molar-refractivity contribution in [3.63, 3.8) is 0 Å². The fraction of sp³-hybridized carbons (Fsp3) is 0. The first-order valence-corrected chi connectivity index (χ1v) is 0.994. The van der Waals surface area contributed by atoms with E-state index < -0.39 is 5.95 Å². The molecule has 7 heavy (non-hydrogen) atoms. The summed E-state index contributed by atoms with van der Waals surface area (Å²) < 4.78 is 0. The van der Waals surface area contributed by atoms with Crippen LogP contribution in [-0.2, 0) is 0 Å². The van der Waals surface area contributed by atoms with Crippen LogP contribution in [-0.4, -0.2) is 26.3 Å². The lowest BCUT2D eigenvalue weighted by Gasteiger charge is -1.74. The van der Waals surface area contributed by atoms with Gasteiger partial charge in [0.15, 0.2) is 6.26 Å². The summed E-state index contributed by atoms with van der Waals surface area (Å²) >= 11 is 0. The van der Waals surface area contributed by atoms with Gasteiger partial charge in [-0.15, -0.1) is 0 Å². The molecule has 0 amide bonds. The summed E-state index contributed by atoms with van der Waals surface area (Å²) in [4.78, 5) is 0. The van der Waals surface area contributed by atoms with Gasteiger partial charge in [0.1, 0.15) is 0 Å². The molecule has 0 heterocycles. The zero-order valence-corrected chi connectivity index (χ0v) is 3.42. The summed E-state index contributed by atoms with van der Waals surface area (Å²) in [5.41, 5.74) is 0. The molecule has 0 fully saturated rings. The second-order valence-corrected chi connectivity index (χ2v) is 0.487. The van der Waals surface area contributed by atoms with E-state index in [2.05, 4.69) is 0 Å². The fourth-order valence-electron chi connectivity index (χ4n) is 0. The number of hydrogen-bond donors (Lipinski definition) is 3. The smallest absolute Gasteiger partial charge is 0.310 e. The molecule has 5 nitrogen and oxygen atoms in total. The van der Waals surface area contributed by atoms with Crippen LogP contribution in [0.25, 0.3) is 0 Å². The molecular weight excluding hydrogens is 104 g/mol. The van der Waals surface area contributed by atoms with Gasteiger partial charge in [0.05, 0.1) is 0 Å². The third-order valence-corrected chi connectivity index (χ3v) is 0.115. The summed E-state index contributed by atoms with van der Waals surface area (Å²) in [6, 6.07) is 0. The second kappa shape index (κ2) is 8.91. The number of rotatable bonds is 0. The van der Waals surface area contributed by atoms with Gasteiger partial charge in [0, 0.05) is 0 Å². The van der Waals surface area contributed by atoms with E-state index in [1.54, 1.807) is 0 Å². The summed E-state index contributed by atoms with van der Waals surface area (Å²) in [7, 11) is 0. The molecule has 0 atom stereocenters. The molecule has 0 aliphatic carbocycles. The van der Waals surface area contributed by atoms with E-state index in [-0.39, 0.29) is 17.2 Å². The lowest BCUT2D eigenvalue weighted by atomic mass is 11.0. The molecule has 7 N–H and O–H groups in total. The molecule has 0 rings (SSSR count). The molecular formula is C2H8O5. The first-order chi connectivity index (χ1) is 2.27. The molecule has 5 heteroatoms. The Labute approximate surface area is 39.8 Å². The molecule has 0 aliphatic rings. The van der Waals surface area contributed by atoms with Gasteiger partial charge in [0.25, 0.3) is 0 Å². The molecule has 0 spiro atoms. The monoisotopic (exact) mass is 112 g/mol. The Morgan fingerprint density at radius 1 is 1.14 bits per heavy atom. The van der Waals surface area contributed by atoms with Crippen molar-refractivity contribution in [2.45, 2.75) is 0 Å². The van der Waals surface area contributed by atoms with Crippen molar-refractivity contribution in [1.29, 1.82) is 0 Å². The Hall–Kier alpha value is -0.940. The van der Waals surface area contributed by atoms with Crippen LogP contribution in [0.15, 0.2) is 12.2 Å². The largest absolute Gasteiger partial charge is 0.508 e. The Balaban J connectivity index is -0.0000000800. The van der Waals surface area contributed by atoms with Gasteiger partial charge in [-0.1, -0.05) is 0 Å². The van der Waals surface area contributed by atoms with Crippen molar-refractivity contribution < 1.29 is 26.3 Å². The van der Waals surface area contributed by atoms with Gasteiger partial charge in [-0.3, -0.25) is 0 Å². The highest BCUT2D eigenvalue weighted by Gasteiger charge is 1.69. The lowest BCUT2D eigenvalue weighted by molar-refractivity contribution is 0.172. The van der Waals surface area contributed by atoms with Crippen molar-refractivity contribution in [2.75, 3.05) is 0 Å². The molecule has 0 saturated carbocycles. The molecule has 0 aromatic heterocycles. The Bertz CT molecular complexity index is 44.0. The Kier molecular flexibility index (Phi) is 21.1. The summed E-state index contributed by atoms with van der Waals surface area (Å²) in [6.45, 7) is 0. The Morgan fingerprint density at radius 3 is 1.29 bits per heavy atom. The van der Waals surface area contributed by atoms with E-state index in [1.807, 2.05) is 0 Å². The van der Waals surface area contributed by atoms with Crippen molar-refractivity contribution in [3.8, 4) is 0 Å². The van der Waals surface area contributed by atoms with Crippen molar-refractivity contribution >= 4 is 0 Å². The van der Waals surface area contributed by atoms with Crippen LogP contribution in [0.2, 0.25) is 0 Å². The number of aliphatic hydroxyl groups excluding tert-OH is 2. The van der Waals surface area contributed by atoms with Gasteiger partial charge in [0.2, 0.25) is 0 Å². The van der Waals surface area contributed by atoms with Gasteiger partial charge in [-0.2, -0.15) is 0 Å². The van der Waals surface area contributed by atoms with Crippen molar-refractivity contribution in [1.82, 2.24) is 0 Å². The predicted molar refractivity (Wildman–Crippen MR) is 23.2 cm³/mol. The second-order valence-electron chi connectivity index (χ2n) is 0.487. The van der Waals surface area contributed by atoms with Crippen molar-refractivity contribution in [3.05, 3.63) is 12.2 Å².